The van der Waals surface area contributed by atoms with E-state index in [-0.39, 0.29) is 37.3 Å². The lowest BCUT2D eigenvalue weighted by molar-refractivity contribution is -0.165. The quantitative estimate of drug-likeness (QED) is 0.157. The summed E-state index contributed by atoms with van der Waals surface area (Å²) in [5, 5.41) is 9.02. The zero-order chi connectivity index (χ0) is 34.7. The van der Waals surface area contributed by atoms with E-state index in [4.69, 9.17) is 28.8 Å². The summed E-state index contributed by atoms with van der Waals surface area (Å²) in [6.07, 6.45) is 1.45. The van der Waals surface area contributed by atoms with E-state index in [1.165, 1.54) is 40.2 Å². The number of carboxylic acid groups (broad SMARTS) is 1. The van der Waals surface area contributed by atoms with Gasteiger partial charge in [0.15, 0.2) is 18.1 Å². The molecular formula is C34H40FNO11. The van der Waals surface area contributed by atoms with Gasteiger partial charge in [-0.05, 0) is 81.8 Å². The van der Waals surface area contributed by atoms with Crippen LogP contribution in [0.4, 0.5) is 4.39 Å². The van der Waals surface area contributed by atoms with Crippen molar-refractivity contribution in [3.8, 4) is 17.2 Å². The lowest BCUT2D eigenvalue weighted by atomic mass is 9.87. The van der Waals surface area contributed by atoms with Crippen LogP contribution in [-0.2, 0) is 39.9 Å². The molecule has 0 bridgehead atoms. The monoisotopic (exact) mass is 657 g/mol. The second kappa shape index (κ2) is 16.6. The average Bonchev–Trinajstić information content (AvgIpc) is 3.07. The molecule has 1 fully saturated rings. The first-order valence-electron chi connectivity index (χ1n) is 15.0. The normalized spacial score (nSPS) is 15.2. The number of piperidine rings is 1. The topological polar surface area (TPSA) is 155 Å². The van der Waals surface area contributed by atoms with E-state index in [2.05, 4.69) is 6.58 Å². The van der Waals surface area contributed by atoms with Gasteiger partial charge < -0.3 is 33.7 Å². The summed E-state index contributed by atoms with van der Waals surface area (Å²) in [5.41, 5.74) is -0.679. The van der Waals surface area contributed by atoms with Crippen LogP contribution in [0.2, 0.25) is 0 Å². The van der Waals surface area contributed by atoms with Gasteiger partial charge in [0.25, 0.3) is 5.91 Å². The number of hydrogen-bond donors (Lipinski definition) is 1. The van der Waals surface area contributed by atoms with Gasteiger partial charge in [0.2, 0.25) is 5.78 Å². The van der Waals surface area contributed by atoms with Gasteiger partial charge in [0.05, 0.1) is 19.6 Å². The Morgan fingerprint density at radius 3 is 2.45 bits per heavy atom. The zero-order valence-corrected chi connectivity index (χ0v) is 26.9. The number of amides is 1. The fraction of sp³-hybridized carbons (Fsp3) is 0.441. The second-order valence-corrected chi connectivity index (χ2v) is 11.6. The molecule has 0 aliphatic carbocycles. The number of halogens is 1. The van der Waals surface area contributed by atoms with Crippen LogP contribution >= 0.6 is 0 Å². The van der Waals surface area contributed by atoms with Crippen LogP contribution in [0.3, 0.4) is 0 Å². The zero-order valence-electron chi connectivity index (χ0n) is 26.9. The molecule has 254 valence electrons. The predicted molar refractivity (Wildman–Crippen MR) is 166 cm³/mol. The first kappa shape index (κ1) is 36.5. The fourth-order valence-corrected chi connectivity index (χ4v) is 5.05. The Morgan fingerprint density at radius 1 is 1.06 bits per heavy atom. The number of rotatable bonds is 16. The number of Topliss-reactive ketones (excluding diaryl/α,β-unsaturated/α-hetero) is 1. The Labute approximate surface area is 272 Å². The van der Waals surface area contributed by atoms with E-state index >= 15 is 4.39 Å². The summed E-state index contributed by atoms with van der Waals surface area (Å²) in [7, 11) is 2.99. The lowest BCUT2D eigenvalue weighted by Gasteiger charge is -2.36. The maximum absolute atomic E-state index is 15.3. The number of ketones is 1. The van der Waals surface area contributed by atoms with Crippen LogP contribution in [0, 0.1) is 11.2 Å². The number of likely N-dealkylation sites (tertiary alicyclic amines) is 1. The van der Waals surface area contributed by atoms with Gasteiger partial charge in [-0.3, -0.25) is 9.59 Å². The summed E-state index contributed by atoms with van der Waals surface area (Å²) in [6, 6.07) is 7.70. The van der Waals surface area contributed by atoms with Crippen molar-refractivity contribution < 1.29 is 57.2 Å². The lowest BCUT2D eigenvalue weighted by Crippen LogP contribution is -2.53. The number of methoxy groups -OCH3 is 2. The molecule has 1 saturated heterocycles. The van der Waals surface area contributed by atoms with Crippen molar-refractivity contribution in [1.29, 1.82) is 0 Å². The van der Waals surface area contributed by atoms with Crippen LogP contribution in [-0.4, -0.2) is 79.6 Å². The van der Waals surface area contributed by atoms with Crippen molar-refractivity contribution in [3.05, 3.63) is 66.0 Å². The molecule has 2 aromatic rings. The number of aliphatic carboxylic acids is 1. The standard InChI is InChI=1S/C34H40FNO11/c1-6-30(39)46-20-34(2,3)31(40)32(41)36-16-8-7-9-25(36)33(42)47-26(14-10-21-11-15-27(43-4)28(17-21)44-5)23-18-22(12-13-24(23)35)45-19-29(37)38/h6,11-13,15,17-18,25-26H,1,7-10,14,16,19-20H2,2-5H3,(H,37,38)/t25-,26+/m0/s1. The third-order valence-electron chi connectivity index (χ3n) is 7.66. The van der Waals surface area contributed by atoms with Crippen LogP contribution < -0.4 is 14.2 Å². The highest BCUT2D eigenvalue weighted by atomic mass is 19.1. The maximum atomic E-state index is 15.3. The smallest absolute Gasteiger partial charge is 0.341 e. The van der Waals surface area contributed by atoms with Gasteiger partial charge in [-0.1, -0.05) is 12.6 Å². The molecule has 2 aromatic carbocycles. The van der Waals surface area contributed by atoms with Crippen LogP contribution in [0.1, 0.15) is 56.8 Å². The largest absolute Gasteiger partial charge is 0.493 e. The van der Waals surface area contributed by atoms with Crippen LogP contribution in [0.25, 0.3) is 0 Å². The Balaban J connectivity index is 1.89. The minimum Gasteiger partial charge on any atom is -0.493 e. The molecule has 1 heterocycles. The van der Waals surface area contributed by atoms with Crippen molar-refractivity contribution in [2.24, 2.45) is 5.41 Å². The Morgan fingerprint density at radius 2 is 1.79 bits per heavy atom. The Kier molecular flexibility index (Phi) is 12.9. The van der Waals surface area contributed by atoms with E-state index in [1.807, 2.05) is 0 Å². The highest BCUT2D eigenvalue weighted by Gasteiger charge is 2.42. The van der Waals surface area contributed by atoms with Gasteiger partial charge >= 0.3 is 17.9 Å². The first-order chi connectivity index (χ1) is 22.3. The van der Waals surface area contributed by atoms with Gasteiger partial charge in [-0.25, -0.2) is 18.8 Å². The number of aryl methyl sites for hydroxylation is 1. The highest BCUT2D eigenvalue weighted by Crippen LogP contribution is 2.33. The number of ether oxygens (including phenoxy) is 5. The number of benzene rings is 2. The molecule has 0 spiro atoms. The van der Waals surface area contributed by atoms with Crippen molar-refractivity contribution in [3.63, 3.8) is 0 Å². The highest BCUT2D eigenvalue weighted by molar-refractivity contribution is 6.38. The molecule has 1 aliphatic rings. The van der Waals surface area contributed by atoms with E-state index in [0.717, 1.165) is 22.6 Å². The summed E-state index contributed by atoms with van der Waals surface area (Å²) >= 11 is 0. The molecule has 0 radical (unpaired) electrons. The van der Waals surface area contributed by atoms with E-state index in [9.17, 15) is 24.0 Å². The van der Waals surface area contributed by atoms with Crippen molar-refractivity contribution in [2.75, 3.05) is 34.0 Å². The summed E-state index contributed by atoms with van der Waals surface area (Å²) in [4.78, 5) is 64.2. The van der Waals surface area contributed by atoms with Gasteiger partial charge in [-0.2, -0.15) is 0 Å². The minimum atomic E-state index is -1.39. The van der Waals surface area contributed by atoms with Crippen molar-refractivity contribution >= 4 is 29.6 Å². The van der Waals surface area contributed by atoms with Crippen molar-refractivity contribution in [1.82, 2.24) is 4.90 Å². The minimum absolute atomic E-state index is 0.0513. The van der Waals surface area contributed by atoms with E-state index in [0.29, 0.717) is 30.8 Å². The second-order valence-electron chi connectivity index (χ2n) is 11.6. The third-order valence-corrected chi connectivity index (χ3v) is 7.66. The van der Waals surface area contributed by atoms with Crippen LogP contribution in [0.5, 0.6) is 17.2 Å². The number of hydrogen-bond acceptors (Lipinski definition) is 10. The SMILES string of the molecule is C=CC(=O)OCC(C)(C)C(=O)C(=O)N1CCCC[C@H]1C(=O)O[C@H](CCc1ccc(OC)c(OC)c1)c1cc(OCC(=O)O)ccc1F. The molecule has 0 aromatic heterocycles. The summed E-state index contributed by atoms with van der Waals surface area (Å²) in [5.74, 6) is -4.29. The van der Waals surface area contributed by atoms with Gasteiger partial charge in [0, 0.05) is 18.2 Å². The molecule has 12 nitrogen and oxygen atoms in total. The molecule has 3 rings (SSSR count). The predicted octanol–water partition coefficient (Wildman–Crippen LogP) is 4.23. The van der Waals surface area contributed by atoms with Gasteiger partial charge in [0.1, 0.15) is 30.3 Å². The molecule has 1 N–H and O–H groups in total. The molecule has 13 heteroatoms. The first-order valence-corrected chi connectivity index (χ1v) is 15.0. The summed E-state index contributed by atoms with van der Waals surface area (Å²) in [6.45, 7) is 5.28. The van der Waals surface area contributed by atoms with Gasteiger partial charge in [-0.15, -0.1) is 0 Å². The molecular weight excluding hydrogens is 617 g/mol. The van der Waals surface area contributed by atoms with E-state index < -0.39 is 59.6 Å². The van der Waals surface area contributed by atoms with Crippen LogP contribution in [0.15, 0.2) is 49.1 Å². The maximum Gasteiger partial charge on any atom is 0.341 e. The molecule has 47 heavy (non-hydrogen) atoms. The number of esters is 2. The number of nitrogens with zero attached hydrogens (tertiary/aromatic N) is 1. The molecule has 1 amide bonds. The number of carboxylic acids is 1. The summed E-state index contributed by atoms with van der Waals surface area (Å²) < 4.78 is 42.1. The molecule has 1 aliphatic heterocycles. The third kappa shape index (κ3) is 9.77. The fourth-order valence-electron chi connectivity index (χ4n) is 5.05. The van der Waals surface area contributed by atoms with Crippen molar-refractivity contribution in [2.45, 2.75) is 58.1 Å². The molecule has 0 unspecified atom stereocenters. The van der Waals surface area contributed by atoms with E-state index in [1.54, 1.807) is 18.2 Å². The number of carbonyl (C=O) groups is 5. The Bertz CT molecular complexity index is 1490. The molecule has 2 atom stereocenters. The average molecular weight is 658 g/mol. The molecule has 0 saturated carbocycles. The Hall–Kier alpha value is -4.94. The number of carbonyl (C=O) groups excluding carboxylic acids is 4.